The summed E-state index contributed by atoms with van der Waals surface area (Å²) in [4.78, 5) is 15.5. The van der Waals surface area contributed by atoms with E-state index >= 15 is 0 Å². The van der Waals surface area contributed by atoms with Crippen LogP contribution < -0.4 is 10.1 Å². The molecule has 1 atom stereocenters. The monoisotopic (exact) mass is 366 g/mol. The topological polar surface area (TPSA) is 80.2 Å². The number of aliphatic imine (C=N–C) groups is 1. The lowest BCUT2D eigenvalue weighted by atomic mass is 9.55. The Labute approximate surface area is 135 Å². The zero-order chi connectivity index (χ0) is 15.4. The van der Waals surface area contributed by atoms with Gasteiger partial charge in [-0.15, -0.1) is 0 Å². The minimum atomic E-state index is -1.17. The first-order chi connectivity index (χ1) is 10.5. The Morgan fingerprint density at radius 3 is 2.82 bits per heavy atom. The number of rotatable bonds is 0. The zero-order valence-corrected chi connectivity index (χ0v) is 13.4. The number of amides is 1. The summed E-state index contributed by atoms with van der Waals surface area (Å²) < 4.78 is 12.5. The van der Waals surface area contributed by atoms with Crippen LogP contribution in [0.1, 0.15) is 24.8 Å². The van der Waals surface area contributed by atoms with Crippen molar-refractivity contribution in [1.82, 2.24) is 5.32 Å². The van der Waals surface area contributed by atoms with Crippen LogP contribution in [0.2, 0.25) is 0 Å². The highest BCUT2D eigenvalue weighted by Crippen LogP contribution is 2.61. The number of hydrogen-bond donors (Lipinski definition) is 2. The third-order valence-corrected chi connectivity index (χ3v) is 5.50. The fourth-order valence-electron chi connectivity index (χ4n) is 3.71. The summed E-state index contributed by atoms with van der Waals surface area (Å²) in [7, 11) is 0. The van der Waals surface area contributed by atoms with Gasteiger partial charge in [-0.3, -0.25) is 0 Å². The van der Waals surface area contributed by atoms with Gasteiger partial charge < -0.3 is 14.6 Å². The van der Waals surface area contributed by atoms with E-state index in [1.807, 2.05) is 18.2 Å². The molecule has 0 saturated heterocycles. The van der Waals surface area contributed by atoms with Gasteiger partial charge in [-0.25, -0.2) is 15.1 Å². The van der Waals surface area contributed by atoms with Crippen molar-refractivity contribution >= 4 is 28.0 Å². The second-order valence-corrected chi connectivity index (χ2v) is 6.97. The van der Waals surface area contributed by atoms with Crippen molar-refractivity contribution in [1.29, 1.82) is 0 Å². The zero-order valence-electron chi connectivity index (χ0n) is 11.8. The molecule has 1 aromatic carbocycles. The van der Waals surface area contributed by atoms with Crippen LogP contribution >= 0.6 is 15.9 Å². The normalized spacial score (nSPS) is 27.4. The number of nitrogens with zero attached hydrogens (tertiary/aromatic N) is 1. The van der Waals surface area contributed by atoms with Crippen LogP contribution in [0.4, 0.5) is 4.79 Å². The predicted molar refractivity (Wildman–Crippen MR) is 82.1 cm³/mol. The number of benzene rings is 1. The third-order valence-electron chi connectivity index (χ3n) is 5.00. The lowest BCUT2D eigenvalue weighted by Crippen LogP contribution is -2.56. The molecule has 2 spiro atoms. The van der Waals surface area contributed by atoms with E-state index in [1.54, 1.807) is 0 Å². The minimum Gasteiger partial charge on any atom is -0.493 e. The van der Waals surface area contributed by atoms with Gasteiger partial charge >= 0.3 is 6.09 Å². The molecule has 4 rings (SSSR count). The van der Waals surface area contributed by atoms with E-state index in [2.05, 4.69) is 26.2 Å². The van der Waals surface area contributed by atoms with E-state index in [0.717, 1.165) is 35.0 Å². The summed E-state index contributed by atoms with van der Waals surface area (Å²) in [5, 5.41) is 11.1. The maximum atomic E-state index is 10.9. The van der Waals surface area contributed by atoms with E-state index in [9.17, 15) is 4.79 Å². The van der Waals surface area contributed by atoms with E-state index in [-0.39, 0.29) is 11.4 Å². The van der Waals surface area contributed by atoms with E-state index in [0.29, 0.717) is 13.2 Å². The molecule has 1 fully saturated rings. The fourth-order valence-corrected chi connectivity index (χ4v) is 4.07. The Hall–Kier alpha value is -1.76. The van der Waals surface area contributed by atoms with Crippen LogP contribution in [0, 0.1) is 5.41 Å². The largest absolute Gasteiger partial charge is 0.493 e. The average molecular weight is 367 g/mol. The van der Waals surface area contributed by atoms with E-state index < -0.39 is 11.6 Å². The van der Waals surface area contributed by atoms with Gasteiger partial charge in [0.05, 0.1) is 6.61 Å². The van der Waals surface area contributed by atoms with Crippen LogP contribution in [0.5, 0.6) is 5.75 Å². The molecule has 1 saturated carbocycles. The highest BCUT2D eigenvalue weighted by Gasteiger charge is 2.62. The van der Waals surface area contributed by atoms with Crippen molar-refractivity contribution < 1.29 is 19.4 Å². The van der Waals surface area contributed by atoms with Crippen LogP contribution in [-0.2, 0) is 10.3 Å². The standard InChI is InChI=1S/C15H15BrN2O4/c16-9-2-3-11-10(6-9)15(14(7-21-11)4-1-5-14)8-22-12(18-15)17-13(19)20/h2-3,6H,1,4-5,7-8H2,(H,17,18)(H,19,20). The number of nitrogens with one attached hydrogen (secondary N) is 1. The lowest BCUT2D eigenvalue weighted by molar-refractivity contribution is -0.0523. The smallest absolute Gasteiger partial charge is 0.412 e. The van der Waals surface area contributed by atoms with Gasteiger partial charge in [0.2, 0.25) is 0 Å². The van der Waals surface area contributed by atoms with Crippen molar-refractivity contribution in [3.63, 3.8) is 0 Å². The lowest BCUT2D eigenvalue weighted by Gasteiger charge is -2.54. The maximum Gasteiger partial charge on any atom is 0.412 e. The molecule has 1 aliphatic carbocycles. The van der Waals surface area contributed by atoms with E-state index in [4.69, 9.17) is 14.6 Å². The molecule has 3 aliphatic rings. The molecule has 2 N–H and O–H groups in total. The molecule has 6 nitrogen and oxygen atoms in total. The predicted octanol–water partition coefficient (Wildman–Crippen LogP) is 2.86. The number of fused-ring (bicyclic) bond motifs is 3. The summed E-state index contributed by atoms with van der Waals surface area (Å²) in [5.41, 5.74) is 0.290. The molecular formula is C15H15BrN2O4. The molecule has 7 heteroatoms. The minimum absolute atomic E-state index is 0.0756. The SMILES string of the molecule is O=C(O)NC1=NC2(CO1)c1cc(Br)ccc1OCC21CCC1. The molecule has 1 aromatic rings. The Morgan fingerprint density at radius 2 is 2.14 bits per heavy atom. The molecule has 0 radical (unpaired) electrons. The number of carboxylic acid groups (broad SMARTS) is 1. The Kier molecular flexibility index (Phi) is 2.91. The molecule has 0 aromatic heterocycles. The number of amidine groups is 1. The highest BCUT2D eigenvalue weighted by atomic mass is 79.9. The second-order valence-electron chi connectivity index (χ2n) is 6.06. The molecule has 2 aliphatic heterocycles. The van der Waals surface area contributed by atoms with Crippen molar-refractivity contribution in [3.8, 4) is 5.75 Å². The summed E-state index contributed by atoms with van der Waals surface area (Å²) in [6.45, 7) is 0.935. The number of halogens is 1. The van der Waals surface area contributed by atoms with Gasteiger partial charge in [0.1, 0.15) is 17.9 Å². The van der Waals surface area contributed by atoms with Gasteiger partial charge in [-0.2, -0.15) is 0 Å². The summed E-state index contributed by atoms with van der Waals surface area (Å²) >= 11 is 3.50. The average Bonchev–Trinajstić information content (AvgIpc) is 2.82. The molecule has 1 unspecified atom stereocenters. The van der Waals surface area contributed by atoms with Crippen molar-refractivity contribution in [2.24, 2.45) is 10.4 Å². The number of hydrogen-bond acceptors (Lipinski definition) is 4. The van der Waals surface area contributed by atoms with Gasteiger partial charge in [-0.1, -0.05) is 22.4 Å². The summed E-state index contributed by atoms with van der Waals surface area (Å²) in [6.07, 6.45) is 1.98. The molecule has 22 heavy (non-hydrogen) atoms. The van der Waals surface area contributed by atoms with E-state index in [1.165, 1.54) is 0 Å². The molecule has 1 amide bonds. The molecule has 116 valence electrons. The third kappa shape index (κ3) is 1.78. The molecule has 0 bridgehead atoms. The highest BCUT2D eigenvalue weighted by molar-refractivity contribution is 9.10. The molecule has 2 heterocycles. The van der Waals surface area contributed by atoms with Gasteiger partial charge in [0, 0.05) is 15.5 Å². The van der Waals surface area contributed by atoms with Gasteiger partial charge in [0.25, 0.3) is 6.02 Å². The van der Waals surface area contributed by atoms with Gasteiger partial charge in [-0.05, 0) is 31.0 Å². The Balaban J connectivity index is 1.86. The first kappa shape index (κ1) is 13.9. The summed E-state index contributed by atoms with van der Waals surface area (Å²) in [5.74, 6) is 0.796. The van der Waals surface area contributed by atoms with Crippen LogP contribution in [0.15, 0.2) is 27.7 Å². The summed E-state index contributed by atoms with van der Waals surface area (Å²) in [6, 6.07) is 5.93. The van der Waals surface area contributed by atoms with Crippen LogP contribution in [0.25, 0.3) is 0 Å². The Morgan fingerprint density at radius 1 is 1.32 bits per heavy atom. The van der Waals surface area contributed by atoms with Crippen molar-refractivity contribution in [3.05, 3.63) is 28.2 Å². The first-order valence-corrected chi connectivity index (χ1v) is 7.99. The number of ether oxygens (including phenoxy) is 2. The van der Waals surface area contributed by atoms with Crippen molar-refractivity contribution in [2.75, 3.05) is 13.2 Å². The van der Waals surface area contributed by atoms with Crippen LogP contribution in [-0.4, -0.2) is 30.4 Å². The van der Waals surface area contributed by atoms with Crippen LogP contribution in [0.3, 0.4) is 0 Å². The quantitative estimate of drug-likeness (QED) is 0.739. The van der Waals surface area contributed by atoms with Gasteiger partial charge in [0.15, 0.2) is 0 Å². The fraction of sp³-hybridized carbons (Fsp3) is 0.467. The Bertz CT molecular complexity index is 686. The first-order valence-electron chi connectivity index (χ1n) is 7.20. The second kappa shape index (κ2) is 4.62. The number of carbonyl (C=O) groups is 1. The maximum absolute atomic E-state index is 10.9. The van der Waals surface area contributed by atoms with Crippen molar-refractivity contribution in [2.45, 2.75) is 24.8 Å². The molecular weight excluding hydrogens is 352 g/mol.